The van der Waals surface area contributed by atoms with E-state index in [4.69, 9.17) is 4.74 Å². The molecule has 0 atom stereocenters. The van der Waals surface area contributed by atoms with Crippen molar-refractivity contribution in [1.82, 2.24) is 19.7 Å². The SMILES string of the molecule is O=C1Nc2cccc(n2)-c2nncn2CCCCOc2cc(C(F)(F)F)c(Br)cc21. The van der Waals surface area contributed by atoms with E-state index in [9.17, 15) is 18.0 Å². The lowest BCUT2D eigenvalue weighted by atomic mass is 10.1. The van der Waals surface area contributed by atoms with E-state index < -0.39 is 17.6 Å². The topological polar surface area (TPSA) is 81.9 Å². The summed E-state index contributed by atoms with van der Waals surface area (Å²) in [5.74, 6) is 0.0111. The maximum absolute atomic E-state index is 13.3. The number of fused-ring (bicyclic) bond motifs is 5. The third-order valence-electron chi connectivity index (χ3n) is 4.51. The number of carbonyl (C=O) groups is 1. The van der Waals surface area contributed by atoms with Crippen LogP contribution in [-0.2, 0) is 12.7 Å². The van der Waals surface area contributed by atoms with Crippen LogP contribution in [0.5, 0.6) is 5.75 Å². The number of ether oxygens (including phenoxy) is 1. The summed E-state index contributed by atoms with van der Waals surface area (Å²) in [4.78, 5) is 17.2. The monoisotopic (exact) mass is 481 g/mol. The van der Waals surface area contributed by atoms with Gasteiger partial charge in [0.2, 0.25) is 0 Å². The molecule has 11 heteroatoms. The molecule has 0 unspecified atom stereocenters. The number of aryl methyl sites for hydroxylation is 1. The Morgan fingerprint density at radius 2 is 2.03 bits per heavy atom. The Kier molecular flexibility index (Phi) is 5.46. The van der Waals surface area contributed by atoms with Crippen molar-refractivity contribution in [2.45, 2.75) is 25.6 Å². The maximum Gasteiger partial charge on any atom is 0.417 e. The van der Waals surface area contributed by atoms with Gasteiger partial charge < -0.3 is 14.6 Å². The minimum absolute atomic E-state index is 0.0256. The Morgan fingerprint density at radius 1 is 1.20 bits per heavy atom. The lowest BCUT2D eigenvalue weighted by molar-refractivity contribution is -0.138. The standard InChI is InChI=1S/C19H15BrF3N5O2/c20-13-8-11-15(9-12(13)19(21,22)23)30-7-2-1-6-28-10-24-27-17(28)14-4-3-5-16(25-14)26-18(11)29/h3-5,8-10H,1-2,6-7H2,(H,25,26,29). The highest BCUT2D eigenvalue weighted by molar-refractivity contribution is 9.10. The second-order valence-corrected chi connectivity index (χ2v) is 7.45. The van der Waals surface area contributed by atoms with Gasteiger partial charge in [0.25, 0.3) is 5.91 Å². The van der Waals surface area contributed by atoms with Crippen LogP contribution >= 0.6 is 15.9 Å². The van der Waals surface area contributed by atoms with Crippen molar-refractivity contribution in [1.29, 1.82) is 0 Å². The lowest BCUT2D eigenvalue weighted by Crippen LogP contribution is -2.17. The Balaban J connectivity index is 1.76. The van der Waals surface area contributed by atoms with Crippen molar-refractivity contribution < 1.29 is 22.7 Å². The van der Waals surface area contributed by atoms with Gasteiger partial charge in [-0.05, 0) is 37.1 Å². The predicted octanol–water partition coefficient (Wildman–Crippen LogP) is 4.55. The molecule has 156 valence electrons. The third-order valence-corrected chi connectivity index (χ3v) is 5.16. The zero-order chi connectivity index (χ0) is 21.3. The zero-order valence-electron chi connectivity index (χ0n) is 15.4. The second-order valence-electron chi connectivity index (χ2n) is 6.59. The van der Waals surface area contributed by atoms with Crippen LogP contribution in [0, 0.1) is 0 Å². The van der Waals surface area contributed by atoms with Crippen molar-refractivity contribution in [2.75, 3.05) is 11.9 Å². The number of pyridine rings is 1. The van der Waals surface area contributed by atoms with Crippen LogP contribution in [0.2, 0.25) is 0 Å². The normalized spacial score (nSPS) is 14.7. The van der Waals surface area contributed by atoms with Gasteiger partial charge in [0.15, 0.2) is 5.82 Å². The smallest absolute Gasteiger partial charge is 0.417 e. The van der Waals surface area contributed by atoms with Crippen LogP contribution < -0.4 is 10.1 Å². The van der Waals surface area contributed by atoms with Gasteiger partial charge in [-0.15, -0.1) is 10.2 Å². The number of hydrogen-bond acceptors (Lipinski definition) is 5. The summed E-state index contributed by atoms with van der Waals surface area (Å²) < 4.78 is 47.1. The Hall–Kier alpha value is -2.95. The average molecular weight is 482 g/mol. The van der Waals surface area contributed by atoms with Crippen LogP contribution in [0.1, 0.15) is 28.8 Å². The molecule has 1 aliphatic heterocycles. The first-order valence-electron chi connectivity index (χ1n) is 9.03. The largest absolute Gasteiger partial charge is 0.493 e. The van der Waals surface area contributed by atoms with Crippen molar-refractivity contribution in [3.63, 3.8) is 0 Å². The Bertz CT molecular complexity index is 1100. The van der Waals surface area contributed by atoms with Gasteiger partial charge in [0, 0.05) is 11.0 Å². The zero-order valence-corrected chi connectivity index (χ0v) is 17.0. The fraction of sp³-hybridized carbons (Fsp3) is 0.263. The highest BCUT2D eigenvalue weighted by atomic mass is 79.9. The number of anilines is 1. The number of aromatic nitrogens is 4. The van der Waals surface area contributed by atoms with Gasteiger partial charge >= 0.3 is 6.18 Å². The van der Waals surface area contributed by atoms with Crippen molar-refractivity contribution in [3.8, 4) is 17.3 Å². The first-order valence-corrected chi connectivity index (χ1v) is 9.82. The molecule has 3 heterocycles. The molecule has 30 heavy (non-hydrogen) atoms. The molecule has 7 nitrogen and oxygen atoms in total. The maximum atomic E-state index is 13.3. The molecule has 1 N–H and O–H groups in total. The number of nitrogens with one attached hydrogen (secondary N) is 1. The first kappa shape index (κ1) is 20.3. The minimum atomic E-state index is -4.59. The molecule has 4 rings (SSSR count). The van der Waals surface area contributed by atoms with E-state index in [0.717, 1.165) is 12.1 Å². The average Bonchev–Trinajstić information content (AvgIpc) is 3.15. The predicted molar refractivity (Wildman–Crippen MR) is 105 cm³/mol. The van der Waals surface area contributed by atoms with Gasteiger partial charge in [-0.3, -0.25) is 4.79 Å². The van der Waals surface area contributed by atoms with E-state index in [0.29, 0.717) is 30.9 Å². The molecular weight excluding hydrogens is 467 g/mol. The number of carbonyl (C=O) groups excluding carboxylic acids is 1. The highest BCUT2D eigenvalue weighted by Crippen LogP contribution is 2.39. The van der Waals surface area contributed by atoms with Gasteiger partial charge in [-0.25, -0.2) is 4.98 Å². The Labute approximate surface area is 177 Å². The fourth-order valence-corrected chi connectivity index (χ4v) is 3.63. The van der Waals surface area contributed by atoms with Gasteiger partial charge in [-0.1, -0.05) is 22.0 Å². The number of alkyl halides is 3. The van der Waals surface area contributed by atoms with Gasteiger partial charge in [-0.2, -0.15) is 13.2 Å². The molecule has 0 fully saturated rings. The lowest BCUT2D eigenvalue weighted by Gasteiger charge is -2.17. The number of benzene rings is 1. The molecule has 0 saturated carbocycles. The number of rotatable bonds is 0. The summed E-state index contributed by atoms with van der Waals surface area (Å²) in [7, 11) is 0. The molecule has 2 aromatic heterocycles. The van der Waals surface area contributed by atoms with E-state index in [1.54, 1.807) is 24.5 Å². The number of amides is 1. The van der Waals surface area contributed by atoms with Gasteiger partial charge in [0.05, 0.1) is 17.7 Å². The number of halogens is 4. The summed E-state index contributed by atoms with van der Waals surface area (Å²) in [5.41, 5.74) is -0.417. The van der Waals surface area contributed by atoms with E-state index in [1.165, 1.54) is 0 Å². The fourth-order valence-electron chi connectivity index (χ4n) is 3.06. The summed E-state index contributed by atoms with van der Waals surface area (Å²) in [6.45, 7) is 0.741. The van der Waals surface area contributed by atoms with Crippen LogP contribution in [0.15, 0.2) is 41.1 Å². The molecule has 0 aliphatic carbocycles. The first-order chi connectivity index (χ1) is 14.3. The molecule has 0 saturated heterocycles. The summed E-state index contributed by atoms with van der Waals surface area (Å²) in [6.07, 6.45) is -1.77. The highest BCUT2D eigenvalue weighted by Gasteiger charge is 2.35. The number of nitrogens with zero attached hydrogens (tertiary/aromatic N) is 4. The molecular formula is C19H15BrF3N5O2. The van der Waals surface area contributed by atoms with E-state index in [2.05, 4.69) is 36.4 Å². The molecule has 1 aliphatic rings. The molecule has 0 radical (unpaired) electrons. The Morgan fingerprint density at radius 3 is 2.83 bits per heavy atom. The van der Waals surface area contributed by atoms with Crippen LogP contribution in [0.3, 0.4) is 0 Å². The molecule has 3 aromatic rings. The molecule has 0 spiro atoms. The molecule has 1 aromatic carbocycles. The van der Waals surface area contributed by atoms with E-state index in [1.807, 2.05) is 4.57 Å². The summed E-state index contributed by atoms with van der Waals surface area (Å²) in [6, 6.07) is 6.97. The molecule has 1 amide bonds. The van der Waals surface area contributed by atoms with Crippen LogP contribution in [-0.4, -0.2) is 32.3 Å². The summed E-state index contributed by atoms with van der Waals surface area (Å²) >= 11 is 2.91. The summed E-state index contributed by atoms with van der Waals surface area (Å²) in [5, 5.41) is 10.6. The quantitative estimate of drug-likeness (QED) is 0.509. The van der Waals surface area contributed by atoms with E-state index >= 15 is 0 Å². The van der Waals surface area contributed by atoms with Crippen molar-refractivity contribution in [3.05, 3.63) is 52.3 Å². The van der Waals surface area contributed by atoms with Gasteiger partial charge in [0.1, 0.15) is 23.6 Å². The minimum Gasteiger partial charge on any atom is -0.493 e. The third kappa shape index (κ3) is 4.16. The van der Waals surface area contributed by atoms with Crippen LogP contribution in [0.4, 0.5) is 19.0 Å². The van der Waals surface area contributed by atoms with Crippen molar-refractivity contribution in [2.24, 2.45) is 0 Å². The second kappa shape index (κ2) is 8.05. The van der Waals surface area contributed by atoms with Crippen LogP contribution in [0.25, 0.3) is 11.5 Å². The van der Waals surface area contributed by atoms with E-state index in [-0.39, 0.29) is 28.2 Å². The van der Waals surface area contributed by atoms with Crippen molar-refractivity contribution >= 4 is 27.7 Å². The number of hydrogen-bond donors (Lipinski definition) is 1. The molecule has 2 bridgehead atoms.